The van der Waals surface area contributed by atoms with E-state index in [1.54, 1.807) is 0 Å². The first-order chi connectivity index (χ1) is 12.5. The molecule has 0 fully saturated rings. The van der Waals surface area contributed by atoms with Gasteiger partial charge in [-0.3, -0.25) is 0 Å². The number of aliphatic carboxylic acids is 2. The molecule has 138 valence electrons. The Balaban J connectivity index is 0.000000352. The fraction of sp³-hybridized carbons (Fsp3) is 0.300. The lowest BCUT2D eigenvalue weighted by Crippen LogP contribution is -2.29. The highest BCUT2D eigenvalue weighted by molar-refractivity contribution is 6.27. The summed E-state index contributed by atoms with van der Waals surface area (Å²) in [6, 6.07) is 18.9. The van der Waals surface area contributed by atoms with Crippen LogP contribution in [0.25, 0.3) is 0 Å². The monoisotopic (exact) mass is 357 g/mol. The molecule has 2 aromatic rings. The van der Waals surface area contributed by atoms with Gasteiger partial charge in [0.25, 0.3) is 0 Å². The third kappa shape index (κ3) is 5.68. The molecule has 6 nitrogen and oxygen atoms in total. The molecule has 26 heavy (non-hydrogen) atoms. The number of aliphatic hydroxyl groups is 1. The average Bonchev–Trinajstić information content (AvgIpc) is 2.67. The SMILES string of the molecule is O=C(O)C(=O)O.OC(CNC1CCCc2ccccc21)c1ccccc1. The number of nitrogens with one attached hydrogen (secondary N) is 1. The maximum Gasteiger partial charge on any atom is 0.414 e. The number of hydrogen-bond donors (Lipinski definition) is 4. The van der Waals surface area contributed by atoms with Crippen LogP contribution in [0.1, 0.15) is 41.7 Å². The zero-order valence-corrected chi connectivity index (χ0v) is 14.3. The predicted molar refractivity (Wildman–Crippen MR) is 96.8 cm³/mol. The highest BCUT2D eigenvalue weighted by atomic mass is 16.4. The molecule has 0 aliphatic heterocycles. The summed E-state index contributed by atoms with van der Waals surface area (Å²) in [4.78, 5) is 18.2. The minimum Gasteiger partial charge on any atom is -0.473 e. The number of carboxylic acid groups (broad SMARTS) is 2. The van der Waals surface area contributed by atoms with Crippen LogP contribution < -0.4 is 5.32 Å². The molecule has 2 atom stereocenters. The van der Waals surface area contributed by atoms with E-state index in [-0.39, 0.29) is 0 Å². The van der Waals surface area contributed by atoms with Crippen LogP contribution in [0.4, 0.5) is 0 Å². The Hall–Kier alpha value is -2.70. The summed E-state index contributed by atoms with van der Waals surface area (Å²) in [6.07, 6.45) is 3.11. The van der Waals surface area contributed by atoms with Crippen molar-refractivity contribution >= 4 is 11.9 Å². The van der Waals surface area contributed by atoms with Crippen molar-refractivity contribution in [3.05, 3.63) is 71.3 Å². The zero-order valence-electron chi connectivity index (χ0n) is 14.3. The molecule has 2 unspecified atom stereocenters. The summed E-state index contributed by atoms with van der Waals surface area (Å²) in [5.74, 6) is -3.65. The van der Waals surface area contributed by atoms with E-state index in [0.29, 0.717) is 12.6 Å². The molecule has 3 rings (SSSR count). The number of aryl methyl sites for hydroxylation is 1. The van der Waals surface area contributed by atoms with E-state index >= 15 is 0 Å². The lowest BCUT2D eigenvalue weighted by Gasteiger charge is -2.27. The summed E-state index contributed by atoms with van der Waals surface area (Å²) in [5.41, 5.74) is 3.83. The van der Waals surface area contributed by atoms with Gasteiger partial charge in [0.1, 0.15) is 0 Å². The summed E-state index contributed by atoms with van der Waals surface area (Å²) >= 11 is 0. The standard InChI is InChI=1S/C18H21NO.C2H2O4/c20-18(15-8-2-1-3-9-15)13-19-17-12-6-10-14-7-4-5-11-16(14)17;3-1(4)2(5)6/h1-5,7-9,11,17-20H,6,10,12-13H2;(H,3,4)(H,5,6). The van der Waals surface area contributed by atoms with Gasteiger partial charge in [-0.05, 0) is 36.0 Å². The van der Waals surface area contributed by atoms with E-state index in [2.05, 4.69) is 29.6 Å². The van der Waals surface area contributed by atoms with Gasteiger partial charge in [0.2, 0.25) is 0 Å². The molecule has 1 aliphatic rings. The van der Waals surface area contributed by atoms with Crippen molar-refractivity contribution in [1.82, 2.24) is 5.32 Å². The summed E-state index contributed by atoms with van der Waals surface area (Å²) in [6.45, 7) is 0.600. The van der Waals surface area contributed by atoms with Crippen LogP contribution in [0, 0.1) is 0 Å². The van der Waals surface area contributed by atoms with E-state index in [9.17, 15) is 5.11 Å². The molecule has 0 saturated heterocycles. The van der Waals surface area contributed by atoms with Crippen molar-refractivity contribution in [2.45, 2.75) is 31.4 Å². The average molecular weight is 357 g/mol. The maximum absolute atomic E-state index is 10.2. The Morgan fingerprint density at radius 2 is 1.62 bits per heavy atom. The van der Waals surface area contributed by atoms with Crippen molar-refractivity contribution < 1.29 is 24.9 Å². The third-order valence-corrected chi connectivity index (χ3v) is 4.29. The molecule has 2 aromatic carbocycles. The van der Waals surface area contributed by atoms with Crippen LogP contribution in [0.3, 0.4) is 0 Å². The zero-order chi connectivity index (χ0) is 18.9. The van der Waals surface area contributed by atoms with Crippen LogP contribution in [0.5, 0.6) is 0 Å². The molecular formula is C20H23NO5. The molecule has 0 heterocycles. The van der Waals surface area contributed by atoms with Gasteiger partial charge in [-0.2, -0.15) is 0 Å². The van der Waals surface area contributed by atoms with Gasteiger partial charge in [-0.1, -0.05) is 54.6 Å². The molecule has 0 amide bonds. The van der Waals surface area contributed by atoms with E-state index in [1.165, 1.54) is 24.0 Å². The Bertz CT molecular complexity index is 720. The van der Waals surface area contributed by atoms with Crippen LogP contribution in [-0.4, -0.2) is 33.8 Å². The Kier molecular flexibility index (Phi) is 7.32. The summed E-state index contributed by atoms with van der Waals surface area (Å²) < 4.78 is 0. The molecule has 0 radical (unpaired) electrons. The van der Waals surface area contributed by atoms with Gasteiger partial charge >= 0.3 is 11.9 Å². The maximum atomic E-state index is 10.2. The van der Waals surface area contributed by atoms with Gasteiger partial charge in [0.15, 0.2) is 0 Å². The second kappa shape index (κ2) is 9.70. The number of carboxylic acids is 2. The summed E-state index contributed by atoms with van der Waals surface area (Å²) in [7, 11) is 0. The van der Waals surface area contributed by atoms with Crippen molar-refractivity contribution in [3.63, 3.8) is 0 Å². The van der Waals surface area contributed by atoms with Gasteiger partial charge in [0.05, 0.1) is 6.10 Å². The first kappa shape index (κ1) is 19.6. The van der Waals surface area contributed by atoms with Gasteiger partial charge in [-0.15, -0.1) is 0 Å². The molecule has 0 spiro atoms. The van der Waals surface area contributed by atoms with Crippen molar-refractivity contribution in [2.24, 2.45) is 0 Å². The normalized spacial score (nSPS) is 16.6. The van der Waals surface area contributed by atoms with Crippen LogP contribution in [-0.2, 0) is 16.0 Å². The Morgan fingerprint density at radius 3 is 2.27 bits per heavy atom. The lowest BCUT2D eigenvalue weighted by molar-refractivity contribution is -0.159. The van der Waals surface area contributed by atoms with Gasteiger partial charge in [0, 0.05) is 12.6 Å². The van der Waals surface area contributed by atoms with Crippen LogP contribution >= 0.6 is 0 Å². The molecule has 6 heteroatoms. The minimum absolute atomic E-state index is 0.373. The number of benzene rings is 2. The number of fused-ring (bicyclic) bond motifs is 1. The quantitative estimate of drug-likeness (QED) is 0.627. The molecular weight excluding hydrogens is 334 g/mol. The Morgan fingerprint density at radius 1 is 1.00 bits per heavy atom. The van der Waals surface area contributed by atoms with E-state index in [4.69, 9.17) is 19.8 Å². The first-order valence-corrected chi connectivity index (χ1v) is 8.49. The molecule has 4 N–H and O–H groups in total. The smallest absolute Gasteiger partial charge is 0.414 e. The van der Waals surface area contributed by atoms with Crippen molar-refractivity contribution in [1.29, 1.82) is 0 Å². The van der Waals surface area contributed by atoms with Crippen LogP contribution in [0.2, 0.25) is 0 Å². The number of carbonyl (C=O) groups is 2. The highest BCUT2D eigenvalue weighted by Gasteiger charge is 2.20. The summed E-state index contributed by atoms with van der Waals surface area (Å²) in [5, 5.41) is 28.5. The molecule has 0 aromatic heterocycles. The van der Waals surface area contributed by atoms with Crippen molar-refractivity contribution in [3.8, 4) is 0 Å². The minimum atomic E-state index is -1.82. The molecule has 0 bridgehead atoms. The Labute approximate surface area is 152 Å². The molecule has 1 aliphatic carbocycles. The van der Waals surface area contributed by atoms with E-state index < -0.39 is 18.0 Å². The third-order valence-electron chi connectivity index (χ3n) is 4.29. The number of aliphatic hydroxyl groups excluding tert-OH is 1. The van der Waals surface area contributed by atoms with E-state index in [0.717, 1.165) is 12.0 Å². The second-order valence-corrected chi connectivity index (χ2v) is 6.09. The second-order valence-electron chi connectivity index (χ2n) is 6.09. The number of rotatable bonds is 4. The number of hydrogen-bond acceptors (Lipinski definition) is 4. The fourth-order valence-electron chi connectivity index (χ4n) is 3.01. The van der Waals surface area contributed by atoms with Gasteiger partial charge < -0.3 is 20.6 Å². The predicted octanol–water partition coefficient (Wildman–Crippen LogP) is 2.54. The fourth-order valence-corrected chi connectivity index (χ4v) is 3.01. The lowest BCUT2D eigenvalue weighted by atomic mass is 9.87. The highest BCUT2D eigenvalue weighted by Crippen LogP contribution is 2.29. The van der Waals surface area contributed by atoms with Crippen molar-refractivity contribution in [2.75, 3.05) is 6.54 Å². The van der Waals surface area contributed by atoms with Crippen LogP contribution in [0.15, 0.2) is 54.6 Å². The first-order valence-electron chi connectivity index (χ1n) is 8.49. The molecule has 0 saturated carbocycles. The van der Waals surface area contributed by atoms with Gasteiger partial charge in [-0.25, -0.2) is 9.59 Å². The topological polar surface area (TPSA) is 107 Å². The van der Waals surface area contributed by atoms with E-state index in [1.807, 2.05) is 30.3 Å². The largest absolute Gasteiger partial charge is 0.473 e.